The van der Waals surface area contributed by atoms with Gasteiger partial charge in [0.2, 0.25) is 0 Å². The van der Waals surface area contributed by atoms with Crippen LogP contribution in [0.15, 0.2) is 61.3 Å². The highest BCUT2D eigenvalue weighted by Crippen LogP contribution is 2.26. The Morgan fingerprint density at radius 1 is 1.06 bits per heavy atom. The maximum absolute atomic E-state index is 12.2. The standard InChI is InChI=1S/C23H28Br2N2O6S/c1-16(27-22(28)33-23(2,3)4)26-15-17-6-11-21(20(25)14-17)31-12-5-13-32-34(29,30)19-9-7-18(24)8-10-19/h6-11,14H,5,12-13,15H2,1-4H3,(H,26,27,28). The molecule has 0 heterocycles. The van der Waals surface area contributed by atoms with E-state index in [9.17, 15) is 13.2 Å². The first kappa shape index (κ1) is 28.3. The van der Waals surface area contributed by atoms with Crippen LogP contribution in [-0.4, -0.2) is 39.2 Å². The van der Waals surface area contributed by atoms with Gasteiger partial charge in [-0.2, -0.15) is 8.42 Å². The van der Waals surface area contributed by atoms with Gasteiger partial charge in [-0.3, -0.25) is 14.5 Å². The Labute approximate surface area is 217 Å². The van der Waals surface area contributed by atoms with Gasteiger partial charge in [0.1, 0.15) is 17.2 Å². The van der Waals surface area contributed by atoms with Gasteiger partial charge in [-0.15, -0.1) is 0 Å². The van der Waals surface area contributed by atoms with Crippen LogP contribution < -0.4 is 10.1 Å². The van der Waals surface area contributed by atoms with Crippen molar-refractivity contribution in [1.82, 2.24) is 5.32 Å². The third-order valence-electron chi connectivity index (χ3n) is 4.06. The molecule has 0 aliphatic carbocycles. The van der Waals surface area contributed by atoms with Crippen LogP contribution >= 0.6 is 31.9 Å². The second-order valence-corrected chi connectivity index (χ2v) is 11.6. The Bertz CT molecular complexity index is 1110. The van der Waals surface area contributed by atoms with Gasteiger partial charge in [0, 0.05) is 10.9 Å². The van der Waals surface area contributed by atoms with E-state index in [1.54, 1.807) is 45.9 Å². The summed E-state index contributed by atoms with van der Waals surface area (Å²) in [6.07, 6.45) is -0.156. The molecule has 8 nitrogen and oxygen atoms in total. The first-order valence-electron chi connectivity index (χ1n) is 10.4. The van der Waals surface area contributed by atoms with Gasteiger partial charge < -0.3 is 9.47 Å². The molecule has 0 unspecified atom stereocenters. The molecule has 0 radical (unpaired) electrons. The summed E-state index contributed by atoms with van der Waals surface area (Å²) in [6, 6.07) is 11.8. The molecule has 2 aromatic carbocycles. The number of carbonyl (C=O) groups excluding carboxylic acids is 1. The molecule has 0 aromatic heterocycles. The van der Waals surface area contributed by atoms with Crippen LogP contribution in [0, 0.1) is 0 Å². The van der Waals surface area contributed by atoms with E-state index in [0.29, 0.717) is 24.6 Å². The van der Waals surface area contributed by atoms with Crippen molar-refractivity contribution in [1.29, 1.82) is 0 Å². The number of nitrogens with zero attached hydrogens (tertiary/aromatic N) is 1. The lowest BCUT2D eigenvalue weighted by Crippen LogP contribution is -2.35. The largest absolute Gasteiger partial charge is 0.492 e. The minimum absolute atomic E-state index is 0.00669. The lowest BCUT2D eigenvalue weighted by atomic mass is 10.2. The number of alkyl carbamates (subject to hydrolysis) is 1. The van der Waals surface area contributed by atoms with Crippen LogP contribution in [0.3, 0.4) is 0 Å². The van der Waals surface area contributed by atoms with Crippen LogP contribution in [0.1, 0.15) is 39.7 Å². The maximum atomic E-state index is 12.2. The summed E-state index contributed by atoms with van der Waals surface area (Å²) in [5, 5.41) is 2.59. The molecule has 0 saturated heterocycles. The zero-order valence-electron chi connectivity index (χ0n) is 19.4. The van der Waals surface area contributed by atoms with Crippen molar-refractivity contribution in [2.24, 2.45) is 4.99 Å². The van der Waals surface area contributed by atoms with Gasteiger partial charge in [-0.05, 0) is 85.6 Å². The number of halogens is 2. The van der Waals surface area contributed by atoms with Gasteiger partial charge in [-0.1, -0.05) is 22.0 Å². The van der Waals surface area contributed by atoms with E-state index in [-0.39, 0.29) is 18.1 Å². The molecule has 34 heavy (non-hydrogen) atoms. The van der Waals surface area contributed by atoms with E-state index in [4.69, 9.17) is 13.7 Å². The number of carbonyl (C=O) groups is 1. The molecule has 0 atom stereocenters. The molecule has 0 saturated carbocycles. The molecule has 0 fully saturated rings. The van der Waals surface area contributed by atoms with Gasteiger partial charge in [0.05, 0.1) is 29.1 Å². The predicted octanol–water partition coefficient (Wildman–Crippen LogP) is 5.83. The van der Waals surface area contributed by atoms with E-state index in [1.807, 2.05) is 12.1 Å². The van der Waals surface area contributed by atoms with E-state index in [0.717, 1.165) is 14.5 Å². The van der Waals surface area contributed by atoms with Crippen molar-refractivity contribution in [3.63, 3.8) is 0 Å². The maximum Gasteiger partial charge on any atom is 0.413 e. The molecule has 2 rings (SSSR count). The quantitative estimate of drug-likeness (QED) is 0.164. The number of nitrogens with one attached hydrogen (secondary N) is 1. The highest BCUT2D eigenvalue weighted by atomic mass is 79.9. The molecular formula is C23H28Br2N2O6S. The SMILES string of the molecule is CC(=NCc1ccc(OCCCOS(=O)(=O)c2ccc(Br)cc2)c(Br)c1)NC(=O)OC(C)(C)C. The minimum Gasteiger partial charge on any atom is -0.492 e. The van der Waals surface area contributed by atoms with Gasteiger partial charge in [0.25, 0.3) is 10.1 Å². The number of hydrogen-bond acceptors (Lipinski definition) is 7. The number of ether oxygens (including phenoxy) is 2. The highest BCUT2D eigenvalue weighted by Gasteiger charge is 2.16. The number of amides is 1. The third-order valence-corrected chi connectivity index (χ3v) is 6.54. The van der Waals surface area contributed by atoms with Gasteiger partial charge in [0.15, 0.2) is 0 Å². The summed E-state index contributed by atoms with van der Waals surface area (Å²) in [6.45, 7) is 7.72. The average molecular weight is 620 g/mol. The summed E-state index contributed by atoms with van der Waals surface area (Å²) < 4.78 is 41.8. The fourth-order valence-electron chi connectivity index (χ4n) is 2.54. The van der Waals surface area contributed by atoms with Crippen molar-refractivity contribution in [2.45, 2.75) is 51.2 Å². The Morgan fingerprint density at radius 2 is 1.74 bits per heavy atom. The van der Waals surface area contributed by atoms with Crippen LogP contribution in [0.2, 0.25) is 0 Å². The fourth-order valence-corrected chi connectivity index (χ4v) is 4.29. The summed E-state index contributed by atoms with van der Waals surface area (Å²) in [5.41, 5.74) is 0.332. The predicted molar refractivity (Wildman–Crippen MR) is 138 cm³/mol. The third kappa shape index (κ3) is 10.1. The zero-order chi connectivity index (χ0) is 25.4. The van der Waals surface area contributed by atoms with E-state index in [2.05, 4.69) is 42.2 Å². The topological polar surface area (TPSA) is 103 Å². The van der Waals surface area contributed by atoms with E-state index < -0.39 is 21.8 Å². The summed E-state index contributed by atoms with van der Waals surface area (Å²) >= 11 is 6.74. The Balaban J connectivity index is 1.78. The number of benzene rings is 2. The van der Waals surface area contributed by atoms with Gasteiger partial charge >= 0.3 is 6.09 Å². The van der Waals surface area contributed by atoms with Crippen molar-refractivity contribution in [3.8, 4) is 5.75 Å². The number of aliphatic imine (C=N–C) groups is 1. The van der Waals surface area contributed by atoms with Crippen LogP contribution in [-0.2, 0) is 25.6 Å². The van der Waals surface area contributed by atoms with Crippen molar-refractivity contribution < 1.29 is 26.9 Å². The summed E-state index contributed by atoms with van der Waals surface area (Å²) in [5.74, 6) is 1.07. The van der Waals surface area contributed by atoms with Crippen LogP contribution in [0.25, 0.3) is 0 Å². The molecule has 0 bridgehead atoms. The fraction of sp³-hybridized carbons (Fsp3) is 0.391. The summed E-state index contributed by atoms with van der Waals surface area (Å²) in [7, 11) is -3.80. The molecule has 0 spiro atoms. The molecule has 1 N–H and O–H groups in total. The smallest absolute Gasteiger partial charge is 0.413 e. The molecule has 0 aliphatic rings. The molecule has 1 amide bonds. The molecule has 0 aliphatic heterocycles. The number of amidine groups is 1. The normalized spacial score (nSPS) is 12.4. The van der Waals surface area contributed by atoms with E-state index in [1.165, 1.54) is 12.1 Å². The second-order valence-electron chi connectivity index (χ2n) is 8.23. The van der Waals surface area contributed by atoms with Crippen molar-refractivity contribution >= 4 is 53.9 Å². The molecule has 2 aromatic rings. The summed E-state index contributed by atoms with van der Waals surface area (Å²) in [4.78, 5) is 16.2. The lowest BCUT2D eigenvalue weighted by molar-refractivity contribution is 0.0562. The molecule has 11 heteroatoms. The van der Waals surface area contributed by atoms with Crippen molar-refractivity contribution in [2.75, 3.05) is 13.2 Å². The monoisotopic (exact) mass is 618 g/mol. The highest BCUT2D eigenvalue weighted by molar-refractivity contribution is 9.10. The van der Waals surface area contributed by atoms with Crippen molar-refractivity contribution in [3.05, 3.63) is 57.0 Å². The van der Waals surface area contributed by atoms with Crippen LogP contribution in [0.5, 0.6) is 5.75 Å². The van der Waals surface area contributed by atoms with E-state index >= 15 is 0 Å². The minimum atomic E-state index is -3.80. The second kappa shape index (κ2) is 12.7. The molecular weight excluding hydrogens is 592 g/mol. The number of rotatable bonds is 9. The first-order chi connectivity index (χ1) is 15.9. The number of hydrogen-bond donors (Lipinski definition) is 1. The average Bonchev–Trinajstić information content (AvgIpc) is 2.72. The lowest BCUT2D eigenvalue weighted by Gasteiger charge is -2.19. The molecule has 186 valence electrons. The Morgan fingerprint density at radius 3 is 2.35 bits per heavy atom. The first-order valence-corrected chi connectivity index (χ1v) is 13.4. The van der Waals surface area contributed by atoms with Gasteiger partial charge in [-0.25, -0.2) is 4.79 Å². The zero-order valence-corrected chi connectivity index (χ0v) is 23.4. The Kier molecular flexibility index (Phi) is 10.5. The Hall–Kier alpha value is -1.95. The van der Waals surface area contributed by atoms with Crippen LogP contribution in [0.4, 0.5) is 4.79 Å².